The van der Waals surface area contributed by atoms with Crippen molar-refractivity contribution in [2.24, 2.45) is 17.6 Å². The Hall–Kier alpha value is -2.08. The van der Waals surface area contributed by atoms with Gasteiger partial charge in [0.05, 0.1) is 11.5 Å². The molecule has 3 rings (SSSR count). The van der Waals surface area contributed by atoms with Crippen molar-refractivity contribution in [2.75, 3.05) is 25.0 Å². The van der Waals surface area contributed by atoms with Crippen molar-refractivity contribution < 1.29 is 9.59 Å². The molecule has 2 unspecified atom stereocenters. The molecule has 0 bridgehead atoms. The summed E-state index contributed by atoms with van der Waals surface area (Å²) in [6, 6.07) is 9.24. The first kappa shape index (κ1) is 17.7. The van der Waals surface area contributed by atoms with E-state index in [1.165, 1.54) is 0 Å². The van der Waals surface area contributed by atoms with Crippen molar-refractivity contribution in [3.63, 3.8) is 0 Å². The van der Waals surface area contributed by atoms with Gasteiger partial charge in [0.1, 0.15) is 0 Å². The van der Waals surface area contributed by atoms with Crippen LogP contribution in [0.2, 0.25) is 0 Å². The summed E-state index contributed by atoms with van der Waals surface area (Å²) in [5.41, 5.74) is 6.35. The Bertz CT molecular complexity index is 617. The first-order chi connectivity index (χ1) is 12.0. The highest BCUT2D eigenvalue weighted by Gasteiger charge is 2.42. The third-order valence-electron chi connectivity index (χ3n) is 5.42. The van der Waals surface area contributed by atoms with E-state index in [0.29, 0.717) is 25.6 Å². The molecule has 0 aromatic heterocycles. The SMILES string of the molecule is CC(CN)(NC(=O)C1CCCN(C(=O)Nc2ccccc2)C1)C1CC1. The quantitative estimate of drug-likeness (QED) is 0.765. The summed E-state index contributed by atoms with van der Waals surface area (Å²) in [4.78, 5) is 26.9. The first-order valence-electron chi connectivity index (χ1n) is 9.15. The number of hydrogen-bond donors (Lipinski definition) is 3. The zero-order valence-electron chi connectivity index (χ0n) is 14.8. The molecule has 25 heavy (non-hydrogen) atoms. The number of amides is 3. The van der Waals surface area contributed by atoms with Crippen LogP contribution in [0, 0.1) is 11.8 Å². The zero-order valence-corrected chi connectivity index (χ0v) is 14.8. The molecule has 1 aliphatic heterocycles. The largest absolute Gasteiger partial charge is 0.349 e. The Morgan fingerprint density at radius 1 is 1.24 bits per heavy atom. The molecule has 2 atom stereocenters. The highest BCUT2D eigenvalue weighted by atomic mass is 16.2. The molecule has 1 aromatic rings. The van der Waals surface area contributed by atoms with Crippen LogP contribution in [0.15, 0.2) is 30.3 Å². The van der Waals surface area contributed by atoms with Crippen LogP contribution in [0.3, 0.4) is 0 Å². The fourth-order valence-corrected chi connectivity index (χ4v) is 3.52. The van der Waals surface area contributed by atoms with Gasteiger partial charge in [0.25, 0.3) is 0 Å². The Labute approximate surface area is 149 Å². The third kappa shape index (κ3) is 4.31. The van der Waals surface area contributed by atoms with Crippen molar-refractivity contribution in [3.8, 4) is 0 Å². The molecule has 6 nitrogen and oxygen atoms in total. The maximum absolute atomic E-state index is 12.7. The minimum Gasteiger partial charge on any atom is -0.349 e. The van der Waals surface area contributed by atoms with Crippen LogP contribution in [0.5, 0.6) is 0 Å². The number of para-hydroxylation sites is 1. The molecule has 1 aliphatic carbocycles. The number of rotatable bonds is 5. The normalized spacial score (nSPS) is 22.8. The summed E-state index contributed by atoms with van der Waals surface area (Å²) < 4.78 is 0. The summed E-state index contributed by atoms with van der Waals surface area (Å²) in [6.45, 7) is 3.62. The smallest absolute Gasteiger partial charge is 0.321 e. The van der Waals surface area contributed by atoms with Gasteiger partial charge in [-0.1, -0.05) is 18.2 Å². The van der Waals surface area contributed by atoms with Crippen molar-refractivity contribution in [3.05, 3.63) is 30.3 Å². The standard InChI is InChI=1S/C19H28N4O2/c1-19(13-20,15-9-10-15)22-17(24)14-6-5-11-23(12-14)18(25)21-16-7-3-2-4-8-16/h2-4,7-8,14-15H,5-6,9-13,20H2,1H3,(H,21,25)(H,22,24). The molecule has 6 heteroatoms. The maximum Gasteiger partial charge on any atom is 0.321 e. The molecular weight excluding hydrogens is 316 g/mol. The van der Waals surface area contributed by atoms with Crippen molar-refractivity contribution >= 4 is 17.6 Å². The first-order valence-corrected chi connectivity index (χ1v) is 9.15. The van der Waals surface area contributed by atoms with E-state index in [1.54, 1.807) is 4.90 Å². The average molecular weight is 344 g/mol. The number of hydrogen-bond acceptors (Lipinski definition) is 3. The van der Waals surface area contributed by atoms with E-state index in [4.69, 9.17) is 5.73 Å². The van der Waals surface area contributed by atoms with Crippen molar-refractivity contribution in [1.29, 1.82) is 0 Å². The van der Waals surface area contributed by atoms with E-state index in [1.807, 2.05) is 37.3 Å². The number of carbonyl (C=O) groups is 2. The highest BCUT2D eigenvalue weighted by Crippen LogP contribution is 2.39. The van der Waals surface area contributed by atoms with Crippen LogP contribution in [-0.2, 0) is 4.79 Å². The van der Waals surface area contributed by atoms with Gasteiger partial charge >= 0.3 is 6.03 Å². The topological polar surface area (TPSA) is 87.5 Å². The van der Waals surface area contributed by atoms with Gasteiger partial charge in [-0.05, 0) is 50.7 Å². The average Bonchev–Trinajstić information content (AvgIpc) is 3.48. The van der Waals surface area contributed by atoms with Gasteiger partial charge in [0.2, 0.25) is 5.91 Å². The van der Waals surface area contributed by atoms with E-state index in [0.717, 1.165) is 31.4 Å². The van der Waals surface area contributed by atoms with Crippen LogP contribution in [0.1, 0.15) is 32.6 Å². The Kier molecular flexibility index (Phi) is 5.27. The van der Waals surface area contributed by atoms with Gasteiger partial charge in [-0.3, -0.25) is 4.79 Å². The van der Waals surface area contributed by atoms with Crippen molar-refractivity contribution in [2.45, 2.75) is 38.1 Å². The number of nitrogens with zero attached hydrogens (tertiary/aromatic N) is 1. The number of carbonyl (C=O) groups excluding carboxylic acids is 2. The summed E-state index contributed by atoms with van der Waals surface area (Å²) >= 11 is 0. The van der Waals surface area contributed by atoms with Gasteiger partial charge < -0.3 is 21.3 Å². The fraction of sp³-hybridized carbons (Fsp3) is 0.579. The monoisotopic (exact) mass is 344 g/mol. The van der Waals surface area contributed by atoms with Gasteiger partial charge in [0, 0.05) is 25.3 Å². The molecule has 2 fully saturated rings. The van der Waals surface area contributed by atoms with Gasteiger partial charge in [-0.15, -0.1) is 0 Å². The highest BCUT2D eigenvalue weighted by molar-refractivity contribution is 5.90. The van der Waals surface area contributed by atoms with E-state index < -0.39 is 0 Å². The lowest BCUT2D eigenvalue weighted by Crippen LogP contribution is -2.56. The number of piperidine rings is 1. The third-order valence-corrected chi connectivity index (χ3v) is 5.42. The lowest BCUT2D eigenvalue weighted by atomic mass is 9.92. The van der Waals surface area contributed by atoms with Crippen LogP contribution >= 0.6 is 0 Å². The molecule has 1 saturated carbocycles. The number of urea groups is 1. The summed E-state index contributed by atoms with van der Waals surface area (Å²) in [5, 5.41) is 6.06. The van der Waals surface area contributed by atoms with Crippen LogP contribution in [-0.4, -0.2) is 42.0 Å². The maximum atomic E-state index is 12.7. The predicted molar refractivity (Wildman–Crippen MR) is 98.1 cm³/mol. The molecule has 0 radical (unpaired) electrons. The summed E-state index contributed by atoms with van der Waals surface area (Å²) in [5.74, 6) is 0.347. The second kappa shape index (κ2) is 7.44. The lowest BCUT2D eigenvalue weighted by molar-refractivity contribution is -0.128. The molecule has 2 aliphatic rings. The van der Waals surface area contributed by atoms with Gasteiger partial charge in [-0.25, -0.2) is 4.79 Å². The Balaban J connectivity index is 1.57. The Morgan fingerprint density at radius 3 is 2.60 bits per heavy atom. The second-order valence-corrected chi connectivity index (χ2v) is 7.47. The molecular formula is C19H28N4O2. The molecule has 4 N–H and O–H groups in total. The molecule has 3 amide bonds. The van der Waals surface area contributed by atoms with Crippen molar-refractivity contribution in [1.82, 2.24) is 10.2 Å². The molecule has 1 aromatic carbocycles. The predicted octanol–water partition coefficient (Wildman–Crippen LogP) is 2.17. The lowest BCUT2D eigenvalue weighted by Gasteiger charge is -2.35. The van der Waals surface area contributed by atoms with E-state index in [-0.39, 0.29) is 23.4 Å². The molecule has 1 saturated heterocycles. The Morgan fingerprint density at radius 2 is 1.96 bits per heavy atom. The summed E-state index contributed by atoms with van der Waals surface area (Å²) in [6.07, 6.45) is 3.91. The molecule has 136 valence electrons. The summed E-state index contributed by atoms with van der Waals surface area (Å²) in [7, 11) is 0. The fourth-order valence-electron chi connectivity index (χ4n) is 3.52. The minimum absolute atomic E-state index is 0.0251. The second-order valence-electron chi connectivity index (χ2n) is 7.47. The van der Waals surface area contributed by atoms with E-state index in [9.17, 15) is 9.59 Å². The molecule has 0 spiro atoms. The van der Waals surface area contributed by atoms with Crippen LogP contribution < -0.4 is 16.4 Å². The number of nitrogens with one attached hydrogen (secondary N) is 2. The van der Waals surface area contributed by atoms with E-state index >= 15 is 0 Å². The molecule has 1 heterocycles. The van der Waals surface area contributed by atoms with Crippen LogP contribution in [0.4, 0.5) is 10.5 Å². The van der Waals surface area contributed by atoms with E-state index in [2.05, 4.69) is 10.6 Å². The van der Waals surface area contributed by atoms with Crippen LogP contribution in [0.25, 0.3) is 0 Å². The number of likely N-dealkylation sites (tertiary alicyclic amines) is 1. The van der Waals surface area contributed by atoms with Gasteiger partial charge in [-0.2, -0.15) is 0 Å². The number of benzene rings is 1. The minimum atomic E-state index is -0.314. The van der Waals surface area contributed by atoms with Gasteiger partial charge in [0.15, 0.2) is 0 Å². The number of anilines is 1. The zero-order chi connectivity index (χ0) is 17.9. The number of nitrogens with two attached hydrogens (primary N) is 1.